The number of carbonyl (C=O) groups excluding carboxylic acids is 1. The Morgan fingerprint density at radius 1 is 1.33 bits per heavy atom. The molecule has 0 unspecified atom stereocenters. The summed E-state index contributed by atoms with van der Waals surface area (Å²) in [4.78, 5) is 30.7. The largest absolute Gasteiger partial charge is 0.491 e. The summed E-state index contributed by atoms with van der Waals surface area (Å²) in [6, 6.07) is 6.84. The van der Waals surface area contributed by atoms with Crippen molar-refractivity contribution in [2.75, 3.05) is 19.7 Å². The molecule has 0 spiro atoms. The normalized spacial score (nSPS) is 10.5. The second-order valence-electron chi connectivity index (χ2n) is 5.48. The van der Waals surface area contributed by atoms with E-state index in [1.807, 2.05) is 13.0 Å². The summed E-state index contributed by atoms with van der Waals surface area (Å²) in [6.07, 6.45) is 0.438. The molecule has 7 nitrogen and oxygen atoms in total. The molecule has 4 N–H and O–H groups in total. The molecule has 2 rings (SSSR count). The van der Waals surface area contributed by atoms with E-state index in [4.69, 9.17) is 10.5 Å². The van der Waals surface area contributed by atoms with E-state index in [9.17, 15) is 9.59 Å². The van der Waals surface area contributed by atoms with Crippen LogP contribution in [0.5, 0.6) is 5.75 Å². The molecule has 0 aliphatic carbocycles. The van der Waals surface area contributed by atoms with Crippen LogP contribution >= 0.6 is 0 Å². The molecular weight excluding hydrogens is 308 g/mol. The first-order valence-corrected chi connectivity index (χ1v) is 7.78. The second kappa shape index (κ2) is 8.26. The fourth-order valence-corrected chi connectivity index (χ4v) is 2.27. The molecule has 2 aromatic rings. The van der Waals surface area contributed by atoms with Gasteiger partial charge in [-0.3, -0.25) is 9.59 Å². The molecule has 1 aromatic carbocycles. The minimum atomic E-state index is -0.235. The van der Waals surface area contributed by atoms with Gasteiger partial charge in [-0.25, -0.2) is 4.98 Å². The lowest BCUT2D eigenvalue weighted by molar-refractivity contribution is 0.0950. The zero-order chi connectivity index (χ0) is 17.5. The fraction of sp³-hybridized carbons (Fsp3) is 0.353. The quantitative estimate of drug-likeness (QED) is 0.692. The van der Waals surface area contributed by atoms with Crippen molar-refractivity contribution in [3.05, 3.63) is 57.3 Å². The van der Waals surface area contributed by atoms with Crippen LogP contribution in [0.3, 0.4) is 0 Å². The van der Waals surface area contributed by atoms with Crippen molar-refractivity contribution in [1.29, 1.82) is 0 Å². The first-order chi connectivity index (χ1) is 11.5. The maximum atomic E-state index is 12.4. The molecule has 0 saturated carbocycles. The molecule has 1 heterocycles. The molecule has 7 heteroatoms. The molecular formula is C17H22N4O3. The third-order valence-corrected chi connectivity index (χ3v) is 3.32. The van der Waals surface area contributed by atoms with Crippen molar-refractivity contribution in [3.8, 4) is 5.75 Å². The van der Waals surface area contributed by atoms with Gasteiger partial charge in [0.05, 0.1) is 5.56 Å². The van der Waals surface area contributed by atoms with Gasteiger partial charge in [0, 0.05) is 31.3 Å². The molecule has 128 valence electrons. The minimum Gasteiger partial charge on any atom is -0.491 e. The van der Waals surface area contributed by atoms with Crippen LogP contribution in [0.15, 0.2) is 29.1 Å². The Hall–Kier alpha value is -2.67. The number of aryl methyl sites for hydroxylation is 2. The number of hydrogen-bond donors (Lipinski definition) is 3. The molecule has 0 radical (unpaired) electrons. The third kappa shape index (κ3) is 4.92. The van der Waals surface area contributed by atoms with Gasteiger partial charge in [0.25, 0.3) is 11.5 Å². The number of amides is 1. The van der Waals surface area contributed by atoms with Gasteiger partial charge in [0.1, 0.15) is 18.2 Å². The van der Waals surface area contributed by atoms with E-state index < -0.39 is 0 Å². The van der Waals surface area contributed by atoms with Crippen LogP contribution in [0.2, 0.25) is 0 Å². The zero-order valence-electron chi connectivity index (χ0n) is 13.9. The van der Waals surface area contributed by atoms with Crippen molar-refractivity contribution in [2.45, 2.75) is 20.3 Å². The van der Waals surface area contributed by atoms with Gasteiger partial charge in [0.2, 0.25) is 0 Å². The highest BCUT2D eigenvalue weighted by atomic mass is 16.5. The number of rotatable bonds is 7. The van der Waals surface area contributed by atoms with Gasteiger partial charge < -0.3 is 20.8 Å². The molecule has 1 aromatic heterocycles. The van der Waals surface area contributed by atoms with Crippen LogP contribution < -0.4 is 21.3 Å². The van der Waals surface area contributed by atoms with E-state index in [1.54, 1.807) is 19.1 Å². The Bertz CT molecular complexity index is 771. The maximum absolute atomic E-state index is 12.4. The number of nitrogens with one attached hydrogen (secondary N) is 2. The topological polar surface area (TPSA) is 110 Å². The number of aromatic amines is 1. The number of nitrogens with two attached hydrogens (primary N) is 1. The van der Waals surface area contributed by atoms with Gasteiger partial charge in [-0.05, 0) is 26.0 Å². The number of hydrogen-bond acceptors (Lipinski definition) is 5. The molecule has 24 heavy (non-hydrogen) atoms. The van der Waals surface area contributed by atoms with E-state index in [-0.39, 0.29) is 11.5 Å². The molecule has 0 bridgehead atoms. The van der Waals surface area contributed by atoms with Crippen LogP contribution in [-0.2, 0) is 6.42 Å². The van der Waals surface area contributed by atoms with Crippen molar-refractivity contribution >= 4 is 5.91 Å². The molecule has 0 saturated heterocycles. The standard InChI is InChI=1S/C17H22N4O3/c1-11-3-4-14(24-8-6-18)13(9-11)17(23)19-7-5-15-20-12(2)10-16(22)21-15/h3-4,9-10H,5-8,18H2,1-2H3,(H,19,23)(H,20,21,22). The number of H-pyrrole nitrogens is 1. The third-order valence-electron chi connectivity index (χ3n) is 3.32. The van der Waals surface area contributed by atoms with Gasteiger partial charge in [-0.2, -0.15) is 0 Å². The molecule has 0 atom stereocenters. The lowest BCUT2D eigenvalue weighted by atomic mass is 10.1. The average molecular weight is 330 g/mol. The summed E-state index contributed by atoms with van der Waals surface area (Å²) in [5.41, 5.74) is 7.32. The molecule has 0 aliphatic rings. The predicted octanol–water partition coefficient (Wildman–Crippen LogP) is 0.697. The molecule has 0 aliphatic heterocycles. The van der Waals surface area contributed by atoms with E-state index in [1.165, 1.54) is 6.07 Å². The molecule has 0 fully saturated rings. The Morgan fingerprint density at radius 3 is 2.83 bits per heavy atom. The monoisotopic (exact) mass is 330 g/mol. The van der Waals surface area contributed by atoms with Crippen LogP contribution in [0.25, 0.3) is 0 Å². The fourth-order valence-electron chi connectivity index (χ4n) is 2.27. The second-order valence-corrected chi connectivity index (χ2v) is 5.48. The zero-order valence-corrected chi connectivity index (χ0v) is 13.9. The predicted molar refractivity (Wildman–Crippen MR) is 91.4 cm³/mol. The maximum Gasteiger partial charge on any atom is 0.255 e. The number of benzene rings is 1. The van der Waals surface area contributed by atoms with Gasteiger partial charge in [-0.1, -0.05) is 11.6 Å². The Morgan fingerprint density at radius 2 is 2.12 bits per heavy atom. The van der Waals surface area contributed by atoms with Gasteiger partial charge in [-0.15, -0.1) is 0 Å². The van der Waals surface area contributed by atoms with Crippen LogP contribution in [0, 0.1) is 13.8 Å². The highest BCUT2D eigenvalue weighted by molar-refractivity contribution is 5.97. The number of aromatic nitrogens is 2. The Balaban J connectivity index is 2.01. The smallest absolute Gasteiger partial charge is 0.255 e. The SMILES string of the molecule is Cc1ccc(OCCN)c(C(=O)NCCc2nc(C)cc(=O)[nH]2)c1. The van der Waals surface area contributed by atoms with E-state index >= 15 is 0 Å². The molecule has 1 amide bonds. The van der Waals surface area contributed by atoms with Crippen molar-refractivity contribution in [3.63, 3.8) is 0 Å². The van der Waals surface area contributed by atoms with Crippen molar-refractivity contribution < 1.29 is 9.53 Å². The van der Waals surface area contributed by atoms with E-state index in [2.05, 4.69) is 15.3 Å². The van der Waals surface area contributed by atoms with Crippen molar-refractivity contribution in [2.24, 2.45) is 5.73 Å². The summed E-state index contributed by atoms with van der Waals surface area (Å²) < 4.78 is 5.51. The summed E-state index contributed by atoms with van der Waals surface area (Å²) in [5, 5.41) is 2.82. The highest BCUT2D eigenvalue weighted by Gasteiger charge is 2.13. The Labute approximate surface area is 140 Å². The first kappa shape index (κ1) is 17.7. The van der Waals surface area contributed by atoms with Gasteiger partial charge >= 0.3 is 0 Å². The Kier molecular flexibility index (Phi) is 6.08. The van der Waals surface area contributed by atoms with Crippen LogP contribution in [0.4, 0.5) is 0 Å². The average Bonchev–Trinajstić information content (AvgIpc) is 2.52. The lowest BCUT2D eigenvalue weighted by Gasteiger charge is -2.12. The highest BCUT2D eigenvalue weighted by Crippen LogP contribution is 2.19. The van der Waals surface area contributed by atoms with Crippen molar-refractivity contribution in [1.82, 2.24) is 15.3 Å². The summed E-state index contributed by atoms with van der Waals surface area (Å²) in [5.74, 6) is 0.815. The minimum absolute atomic E-state index is 0.194. The number of nitrogens with zero attached hydrogens (tertiary/aromatic N) is 1. The summed E-state index contributed by atoms with van der Waals surface area (Å²) >= 11 is 0. The van der Waals surface area contributed by atoms with Gasteiger partial charge in [0.15, 0.2) is 0 Å². The van der Waals surface area contributed by atoms with E-state index in [0.29, 0.717) is 48.9 Å². The summed E-state index contributed by atoms with van der Waals surface area (Å²) in [7, 11) is 0. The van der Waals surface area contributed by atoms with Crippen LogP contribution in [-0.4, -0.2) is 35.6 Å². The number of carbonyl (C=O) groups is 1. The van der Waals surface area contributed by atoms with Crippen LogP contribution in [0.1, 0.15) is 27.4 Å². The summed E-state index contributed by atoms with van der Waals surface area (Å²) in [6.45, 7) is 4.74. The first-order valence-electron chi connectivity index (χ1n) is 7.78. The van der Waals surface area contributed by atoms with E-state index in [0.717, 1.165) is 5.56 Å². The lowest BCUT2D eigenvalue weighted by Crippen LogP contribution is -2.27. The number of ether oxygens (including phenoxy) is 1.